The first kappa shape index (κ1) is 4.21. The summed E-state index contributed by atoms with van der Waals surface area (Å²) < 4.78 is 4.54. The Bertz CT molecular complexity index is 96.3. The third-order valence-corrected chi connectivity index (χ3v) is 0.573. The van der Waals surface area contributed by atoms with Gasteiger partial charge in [0, 0.05) is 12.4 Å². The minimum atomic E-state index is 0.656. The van der Waals surface area contributed by atoms with Crippen LogP contribution in [0.4, 0.5) is 0 Å². The Morgan fingerprint density at radius 3 is 2.14 bits per heavy atom. The molecule has 0 unspecified atom stereocenters. The predicted octanol–water partition coefficient (Wildman–Crippen LogP) is 0.759. The van der Waals surface area contributed by atoms with Crippen molar-refractivity contribution < 1.29 is 4.74 Å². The molecule has 1 aliphatic heterocycles. The van der Waals surface area contributed by atoms with Crippen molar-refractivity contribution in [1.29, 1.82) is 0 Å². The summed E-state index contributed by atoms with van der Waals surface area (Å²) in [4.78, 5) is 0. The van der Waals surface area contributed by atoms with Crippen molar-refractivity contribution in [3.8, 4) is 0 Å². The van der Waals surface area contributed by atoms with Crippen LogP contribution in [-0.4, -0.2) is 5.06 Å². The number of hydrogen-bond acceptors (Lipinski definition) is 3. The zero-order valence-corrected chi connectivity index (χ0v) is 3.57. The van der Waals surface area contributed by atoms with Gasteiger partial charge < -0.3 is 15.0 Å². The summed E-state index contributed by atoms with van der Waals surface area (Å²) in [7, 11) is 0. The number of rotatable bonds is 0. The standard InChI is InChI=1S/C4H4NO2/c6-5-1-3-7-4-2-5/h1-4H/q-1. The van der Waals surface area contributed by atoms with Gasteiger partial charge in [0.15, 0.2) is 0 Å². The molecule has 1 aliphatic rings. The first-order valence-corrected chi connectivity index (χ1v) is 1.84. The minimum absolute atomic E-state index is 0.656. The molecule has 0 fully saturated rings. The second kappa shape index (κ2) is 1.66. The van der Waals surface area contributed by atoms with E-state index in [1.54, 1.807) is 0 Å². The molecule has 0 aliphatic carbocycles. The van der Waals surface area contributed by atoms with E-state index in [9.17, 15) is 5.21 Å². The molecule has 1 heterocycles. The van der Waals surface area contributed by atoms with Crippen molar-refractivity contribution in [2.75, 3.05) is 0 Å². The van der Waals surface area contributed by atoms with E-state index in [1.807, 2.05) is 0 Å². The lowest BCUT2D eigenvalue weighted by Crippen LogP contribution is -1.99. The average Bonchev–Trinajstić information content (AvgIpc) is 1.69. The van der Waals surface area contributed by atoms with Crippen LogP contribution in [0.3, 0.4) is 0 Å². The van der Waals surface area contributed by atoms with Gasteiger partial charge >= 0.3 is 0 Å². The minimum Gasteiger partial charge on any atom is -0.754 e. The lowest BCUT2D eigenvalue weighted by Gasteiger charge is -2.21. The molecule has 38 valence electrons. The average molecular weight is 98.1 g/mol. The fourth-order valence-corrected chi connectivity index (χ4v) is 0.285. The van der Waals surface area contributed by atoms with Crippen molar-refractivity contribution in [2.24, 2.45) is 0 Å². The lowest BCUT2D eigenvalue weighted by atomic mass is 10.8. The molecule has 0 atom stereocenters. The van der Waals surface area contributed by atoms with Crippen molar-refractivity contribution >= 4 is 0 Å². The fraction of sp³-hybridized carbons (Fsp3) is 0. The van der Waals surface area contributed by atoms with Crippen LogP contribution in [0.2, 0.25) is 0 Å². The molecule has 0 aromatic carbocycles. The van der Waals surface area contributed by atoms with Gasteiger partial charge in [-0.2, -0.15) is 0 Å². The fourth-order valence-electron chi connectivity index (χ4n) is 0.285. The van der Waals surface area contributed by atoms with E-state index in [4.69, 9.17) is 0 Å². The third-order valence-electron chi connectivity index (χ3n) is 0.573. The Morgan fingerprint density at radius 2 is 1.86 bits per heavy atom. The Morgan fingerprint density at radius 1 is 1.29 bits per heavy atom. The molecule has 0 amide bonds. The quantitative estimate of drug-likeness (QED) is 0.448. The van der Waals surface area contributed by atoms with Crippen LogP contribution < -0.4 is 0 Å². The van der Waals surface area contributed by atoms with Gasteiger partial charge in [-0.15, -0.1) is 0 Å². The SMILES string of the molecule is [O-]N1C=COC=C1. The monoisotopic (exact) mass is 98.0 g/mol. The van der Waals surface area contributed by atoms with Gasteiger partial charge in [-0.3, -0.25) is 0 Å². The molecule has 0 spiro atoms. The highest BCUT2D eigenvalue weighted by Crippen LogP contribution is 1.94. The lowest BCUT2D eigenvalue weighted by molar-refractivity contribution is 0.368. The van der Waals surface area contributed by atoms with Crippen LogP contribution >= 0.6 is 0 Å². The van der Waals surface area contributed by atoms with E-state index in [1.165, 1.54) is 24.9 Å². The molecule has 1 rings (SSSR count). The molecule has 7 heavy (non-hydrogen) atoms. The summed E-state index contributed by atoms with van der Waals surface area (Å²) in [5, 5.41) is 10.8. The Kier molecular flexibility index (Phi) is 0.997. The second-order valence-corrected chi connectivity index (χ2v) is 1.07. The molecular weight excluding hydrogens is 94.0 g/mol. The summed E-state index contributed by atoms with van der Waals surface area (Å²) >= 11 is 0. The smallest absolute Gasteiger partial charge is 0.106 e. The summed E-state index contributed by atoms with van der Waals surface area (Å²) in [6.07, 6.45) is 5.18. The Balaban J connectivity index is 2.49. The van der Waals surface area contributed by atoms with E-state index in [2.05, 4.69) is 4.74 Å². The summed E-state index contributed by atoms with van der Waals surface area (Å²) in [6, 6.07) is 0. The maximum absolute atomic E-state index is 10.1. The first-order chi connectivity index (χ1) is 3.39. The van der Waals surface area contributed by atoms with Gasteiger partial charge in [-0.05, 0) is 0 Å². The largest absolute Gasteiger partial charge is 0.754 e. The normalized spacial score (nSPS) is 17.0. The molecule has 0 aromatic rings. The van der Waals surface area contributed by atoms with Crippen molar-refractivity contribution in [1.82, 2.24) is 5.06 Å². The molecule has 0 saturated carbocycles. The van der Waals surface area contributed by atoms with Gasteiger partial charge in [0.25, 0.3) is 0 Å². The van der Waals surface area contributed by atoms with E-state index in [0.29, 0.717) is 5.06 Å². The van der Waals surface area contributed by atoms with E-state index >= 15 is 0 Å². The van der Waals surface area contributed by atoms with Crippen LogP contribution in [0.5, 0.6) is 0 Å². The predicted molar refractivity (Wildman–Crippen MR) is 24.6 cm³/mol. The zero-order valence-electron chi connectivity index (χ0n) is 3.57. The van der Waals surface area contributed by atoms with Crippen LogP contribution in [-0.2, 0) is 4.74 Å². The van der Waals surface area contributed by atoms with Gasteiger partial charge in [0.05, 0.1) is 0 Å². The Hall–Kier alpha value is -0.960. The molecule has 3 heteroatoms. The molecule has 3 nitrogen and oxygen atoms in total. The zero-order chi connectivity index (χ0) is 5.11. The highest BCUT2D eigenvalue weighted by Gasteiger charge is 1.78. The molecule has 0 bridgehead atoms. The van der Waals surface area contributed by atoms with Gasteiger partial charge in [0.1, 0.15) is 12.5 Å². The van der Waals surface area contributed by atoms with Crippen LogP contribution in [0.1, 0.15) is 0 Å². The number of nitrogens with zero attached hydrogens (tertiary/aromatic N) is 1. The van der Waals surface area contributed by atoms with Crippen molar-refractivity contribution in [3.05, 3.63) is 30.1 Å². The number of hydroxylamine groups is 2. The summed E-state index contributed by atoms with van der Waals surface area (Å²) in [5.74, 6) is 0. The van der Waals surface area contributed by atoms with Crippen LogP contribution in [0, 0.1) is 5.21 Å². The highest BCUT2D eigenvalue weighted by molar-refractivity contribution is 4.91. The number of ether oxygens (including phenoxy) is 1. The van der Waals surface area contributed by atoms with Gasteiger partial charge in [-0.25, -0.2) is 0 Å². The molecule has 0 radical (unpaired) electrons. The van der Waals surface area contributed by atoms with E-state index in [0.717, 1.165) is 0 Å². The highest BCUT2D eigenvalue weighted by atomic mass is 16.5. The van der Waals surface area contributed by atoms with Crippen LogP contribution in [0.25, 0.3) is 0 Å². The summed E-state index contributed by atoms with van der Waals surface area (Å²) in [5.41, 5.74) is 0. The number of hydrogen-bond donors (Lipinski definition) is 0. The van der Waals surface area contributed by atoms with E-state index in [-0.39, 0.29) is 0 Å². The van der Waals surface area contributed by atoms with Crippen molar-refractivity contribution in [2.45, 2.75) is 0 Å². The third kappa shape index (κ3) is 0.940. The molecule has 0 N–H and O–H groups in total. The van der Waals surface area contributed by atoms with Crippen molar-refractivity contribution in [3.63, 3.8) is 0 Å². The maximum Gasteiger partial charge on any atom is 0.106 e. The van der Waals surface area contributed by atoms with Gasteiger partial charge in [0.2, 0.25) is 0 Å². The van der Waals surface area contributed by atoms with Gasteiger partial charge in [-0.1, -0.05) is 0 Å². The maximum atomic E-state index is 10.1. The molecular formula is C4H4NO2-. The summed E-state index contributed by atoms with van der Waals surface area (Å²) in [6.45, 7) is 0. The van der Waals surface area contributed by atoms with Crippen LogP contribution in [0.15, 0.2) is 24.9 Å². The molecule has 0 aromatic heterocycles. The second-order valence-electron chi connectivity index (χ2n) is 1.07. The first-order valence-electron chi connectivity index (χ1n) is 1.84. The molecule has 0 saturated heterocycles. The Labute approximate surface area is 41.1 Å². The van der Waals surface area contributed by atoms with E-state index < -0.39 is 0 Å². The topological polar surface area (TPSA) is 35.5 Å².